The summed E-state index contributed by atoms with van der Waals surface area (Å²) in [6.45, 7) is 5.49. The number of aliphatic carboxylic acids is 1. The molecule has 0 fully saturated rings. The lowest BCUT2D eigenvalue weighted by Crippen LogP contribution is -2.40. The number of hydrogen-bond donors (Lipinski definition) is 2. The molecule has 0 aliphatic heterocycles. The molecule has 0 bridgehead atoms. The average molecular weight is 267 g/mol. The van der Waals surface area contributed by atoms with Crippen molar-refractivity contribution in [2.75, 3.05) is 0 Å². The van der Waals surface area contributed by atoms with Crippen molar-refractivity contribution in [3.05, 3.63) is 23.2 Å². The Morgan fingerprint density at radius 1 is 1.37 bits per heavy atom. The van der Waals surface area contributed by atoms with E-state index in [2.05, 4.69) is 5.32 Å². The maximum Gasteiger partial charge on any atom is 0.326 e. The number of furan rings is 1. The Hall–Kier alpha value is -1.78. The molecule has 0 aromatic carbocycles. The van der Waals surface area contributed by atoms with Crippen LogP contribution in [0.3, 0.4) is 0 Å². The molecule has 0 saturated carbocycles. The standard InChI is InChI=1S/C14H21NO4/c1-4-5-6-7-12(14(17)18)15-13(16)11-8-9(2)19-10(11)3/h8,12H,4-7H2,1-3H3,(H,15,16)(H,17,18)/t12-/m1/s1. The van der Waals surface area contributed by atoms with Crippen molar-refractivity contribution < 1.29 is 19.1 Å². The van der Waals surface area contributed by atoms with Gasteiger partial charge in [-0.1, -0.05) is 26.2 Å². The van der Waals surface area contributed by atoms with Crippen molar-refractivity contribution in [2.45, 2.75) is 52.5 Å². The summed E-state index contributed by atoms with van der Waals surface area (Å²) in [5, 5.41) is 11.7. The number of carbonyl (C=O) groups excluding carboxylic acids is 1. The summed E-state index contributed by atoms with van der Waals surface area (Å²) in [6.07, 6.45) is 3.21. The first-order valence-electron chi connectivity index (χ1n) is 6.56. The highest BCUT2D eigenvalue weighted by Gasteiger charge is 2.22. The third-order valence-electron chi connectivity index (χ3n) is 2.99. The highest BCUT2D eigenvalue weighted by atomic mass is 16.4. The topological polar surface area (TPSA) is 79.5 Å². The number of unbranched alkanes of at least 4 members (excludes halogenated alkanes) is 2. The molecule has 5 heteroatoms. The smallest absolute Gasteiger partial charge is 0.326 e. The Bertz CT molecular complexity index is 450. The lowest BCUT2D eigenvalue weighted by molar-refractivity contribution is -0.139. The van der Waals surface area contributed by atoms with Gasteiger partial charge in [0, 0.05) is 0 Å². The van der Waals surface area contributed by atoms with E-state index in [9.17, 15) is 9.59 Å². The predicted octanol–water partition coefficient (Wildman–Crippen LogP) is 2.66. The minimum Gasteiger partial charge on any atom is -0.480 e. The van der Waals surface area contributed by atoms with Crippen molar-refractivity contribution in [3.8, 4) is 0 Å². The van der Waals surface area contributed by atoms with E-state index >= 15 is 0 Å². The third kappa shape index (κ3) is 4.43. The Morgan fingerprint density at radius 2 is 2.05 bits per heavy atom. The van der Waals surface area contributed by atoms with E-state index in [0.29, 0.717) is 23.5 Å². The molecule has 1 aromatic heterocycles. The van der Waals surface area contributed by atoms with Crippen LogP contribution in [0, 0.1) is 13.8 Å². The highest BCUT2D eigenvalue weighted by Crippen LogP contribution is 2.14. The molecule has 0 aliphatic carbocycles. The minimum absolute atomic E-state index is 0.391. The van der Waals surface area contributed by atoms with Crippen LogP contribution in [0.1, 0.15) is 54.5 Å². The molecule has 5 nitrogen and oxygen atoms in total. The summed E-state index contributed by atoms with van der Waals surface area (Å²) in [5.74, 6) is -0.242. The number of rotatable bonds is 7. The predicted molar refractivity (Wildman–Crippen MR) is 71.2 cm³/mol. The van der Waals surface area contributed by atoms with Crippen LogP contribution in [-0.2, 0) is 4.79 Å². The van der Waals surface area contributed by atoms with Crippen LogP contribution >= 0.6 is 0 Å². The number of hydrogen-bond acceptors (Lipinski definition) is 3. The summed E-state index contributed by atoms with van der Waals surface area (Å²) >= 11 is 0. The quantitative estimate of drug-likeness (QED) is 0.744. The van der Waals surface area contributed by atoms with Crippen molar-refractivity contribution in [3.63, 3.8) is 0 Å². The third-order valence-corrected chi connectivity index (χ3v) is 2.99. The zero-order valence-electron chi connectivity index (χ0n) is 11.7. The van der Waals surface area contributed by atoms with Crippen molar-refractivity contribution in [1.29, 1.82) is 0 Å². The number of carbonyl (C=O) groups is 2. The van der Waals surface area contributed by atoms with Gasteiger partial charge < -0.3 is 14.8 Å². The molecular weight excluding hydrogens is 246 g/mol. The van der Waals surface area contributed by atoms with Gasteiger partial charge in [0.2, 0.25) is 0 Å². The summed E-state index contributed by atoms with van der Waals surface area (Å²) in [5.41, 5.74) is 0.402. The minimum atomic E-state index is -0.998. The summed E-state index contributed by atoms with van der Waals surface area (Å²) in [7, 11) is 0. The molecule has 106 valence electrons. The van der Waals surface area contributed by atoms with Crippen molar-refractivity contribution in [1.82, 2.24) is 5.32 Å². The first-order valence-corrected chi connectivity index (χ1v) is 6.56. The van der Waals surface area contributed by atoms with Crippen molar-refractivity contribution >= 4 is 11.9 Å². The zero-order valence-corrected chi connectivity index (χ0v) is 11.7. The molecule has 1 aromatic rings. The molecule has 19 heavy (non-hydrogen) atoms. The second-order valence-electron chi connectivity index (χ2n) is 4.69. The van der Waals surface area contributed by atoms with Gasteiger partial charge in [0.25, 0.3) is 5.91 Å². The van der Waals surface area contributed by atoms with Gasteiger partial charge in [-0.15, -0.1) is 0 Å². The molecule has 0 saturated heterocycles. The zero-order chi connectivity index (χ0) is 14.4. The van der Waals surface area contributed by atoms with E-state index in [4.69, 9.17) is 9.52 Å². The van der Waals surface area contributed by atoms with E-state index < -0.39 is 17.9 Å². The first kappa shape index (κ1) is 15.3. The van der Waals surface area contributed by atoms with Crippen molar-refractivity contribution in [2.24, 2.45) is 0 Å². The molecule has 1 rings (SSSR count). The lowest BCUT2D eigenvalue weighted by Gasteiger charge is -2.13. The molecule has 0 spiro atoms. The molecule has 0 unspecified atom stereocenters. The van der Waals surface area contributed by atoms with E-state index in [0.717, 1.165) is 19.3 Å². The molecular formula is C14H21NO4. The SMILES string of the molecule is CCCCC[C@@H](NC(=O)c1cc(C)oc1C)C(=O)O. The largest absolute Gasteiger partial charge is 0.480 e. The van der Waals surface area contributed by atoms with E-state index in [-0.39, 0.29) is 0 Å². The van der Waals surface area contributed by atoms with Gasteiger partial charge in [-0.2, -0.15) is 0 Å². The Kier molecular flexibility index (Phi) is 5.60. The number of aryl methyl sites for hydroxylation is 2. The van der Waals surface area contributed by atoms with Crippen LogP contribution in [0.5, 0.6) is 0 Å². The van der Waals surface area contributed by atoms with Gasteiger partial charge in [-0.05, 0) is 26.3 Å². The van der Waals surface area contributed by atoms with E-state index in [1.807, 2.05) is 6.92 Å². The van der Waals surface area contributed by atoms with Gasteiger partial charge in [-0.3, -0.25) is 4.79 Å². The van der Waals surface area contributed by atoms with Gasteiger partial charge in [-0.25, -0.2) is 4.79 Å². The molecule has 1 atom stereocenters. The van der Waals surface area contributed by atoms with Crippen LogP contribution in [0.25, 0.3) is 0 Å². The Labute approximate surface area is 113 Å². The van der Waals surface area contributed by atoms with Crippen LogP contribution in [-0.4, -0.2) is 23.0 Å². The number of nitrogens with one attached hydrogen (secondary N) is 1. The fourth-order valence-electron chi connectivity index (χ4n) is 1.95. The molecule has 1 amide bonds. The maximum atomic E-state index is 12.0. The second-order valence-corrected chi connectivity index (χ2v) is 4.69. The van der Waals surface area contributed by atoms with Crippen LogP contribution < -0.4 is 5.32 Å². The molecule has 2 N–H and O–H groups in total. The highest BCUT2D eigenvalue weighted by molar-refractivity contribution is 5.97. The molecule has 0 aliphatic rings. The Balaban J connectivity index is 2.66. The van der Waals surface area contributed by atoms with Gasteiger partial charge in [0.15, 0.2) is 0 Å². The fourth-order valence-corrected chi connectivity index (χ4v) is 1.95. The summed E-state index contributed by atoms with van der Waals surface area (Å²) in [6, 6.07) is 0.781. The number of carboxylic acids is 1. The molecule has 1 heterocycles. The number of carboxylic acid groups (broad SMARTS) is 1. The first-order chi connectivity index (χ1) is 8.95. The van der Waals surface area contributed by atoms with Gasteiger partial charge in [0.05, 0.1) is 5.56 Å². The fraction of sp³-hybridized carbons (Fsp3) is 0.571. The van der Waals surface area contributed by atoms with Gasteiger partial charge in [0.1, 0.15) is 17.6 Å². The normalized spacial score (nSPS) is 12.2. The number of amides is 1. The average Bonchev–Trinajstić information content (AvgIpc) is 2.67. The summed E-state index contributed by atoms with van der Waals surface area (Å²) in [4.78, 5) is 23.1. The maximum absolute atomic E-state index is 12.0. The van der Waals surface area contributed by atoms with E-state index in [1.165, 1.54) is 0 Å². The summed E-state index contributed by atoms with van der Waals surface area (Å²) < 4.78 is 5.27. The molecule has 0 radical (unpaired) electrons. The Morgan fingerprint density at radius 3 is 2.53 bits per heavy atom. The lowest BCUT2D eigenvalue weighted by atomic mass is 10.1. The van der Waals surface area contributed by atoms with Crippen LogP contribution in [0.15, 0.2) is 10.5 Å². The van der Waals surface area contributed by atoms with Crippen LogP contribution in [0.4, 0.5) is 0 Å². The monoisotopic (exact) mass is 267 g/mol. The van der Waals surface area contributed by atoms with Gasteiger partial charge >= 0.3 is 5.97 Å². The van der Waals surface area contributed by atoms with E-state index in [1.54, 1.807) is 19.9 Å². The van der Waals surface area contributed by atoms with Crippen LogP contribution in [0.2, 0.25) is 0 Å². The second kappa shape index (κ2) is 6.97.